The molecule has 8 rings (SSSR count). The van der Waals surface area contributed by atoms with E-state index in [1.54, 1.807) is 48.5 Å². The zero-order valence-electron chi connectivity index (χ0n) is 24.5. The van der Waals surface area contributed by atoms with Crippen LogP contribution in [0.4, 0.5) is 22.7 Å². The standard InChI is InChI=1S/C34H22Cl4N4O6/c35-21-13-11-19(15-23(21)37)39-31(43)25-27(41(47-29(25)33(39)45)17-7-3-1-4-8-17)28-26-30(48-42(28)18-9-5-2-6-10-18)34(46)40(32(26)44)20-12-14-22(36)24(38)16-20/h1-16,25-30H/t25-,26+,27-,28-,29-,30+/m0/s1. The van der Waals surface area contributed by atoms with Crippen molar-refractivity contribution in [2.24, 2.45) is 11.8 Å². The van der Waals surface area contributed by atoms with Gasteiger partial charge in [-0.15, -0.1) is 0 Å². The molecule has 0 spiro atoms. The van der Waals surface area contributed by atoms with Crippen LogP contribution < -0.4 is 19.9 Å². The third-order valence-electron chi connectivity index (χ3n) is 9.02. The first kappa shape index (κ1) is 31.1. The Bertz CT molecular complexity index is 1860. The third-order valence-corrected chi connectivity index (χ3v) is 10.5. The van der Waals surface area contributed by atoms with Crippen LogP contribution in [0.15, 0.2) is 97.1 Å². The molecule has 6 atom stereocenters. The van der Waals surface area contributed by atoms with Crippen LogP contribution in [0.5, 0.6) is 0 Å². The quantitative estimate of drug-likeness (QED) is 0.220. The minimum absolute atomic E-state index is 0.162. The average molecular weight is 724 g/mol. The second kappa shape index (κ2) is 11.8. The van der Waals surface area contributed by atoms with E-state index in [4.69, 9.17) is 56.1 Å². The van der Waals surface area contributed by atoms with Gasteiger partial charge in [0.05, 0.1) is 54.9 Å². The van der Waals surface area contributed by atoms with Gasteiger partial charge in [-0.1, -0.05) is 82.8 Å². The Morgan fingerprint density at radius 3 is 1.17 bits per heavy atom. The molecule has 0 aliphatic carbocycles. The number of anilines is 4. The number of halogens is 4. The van der Waals surface area contributed by atoms with Crippen molar-refractivity contribution in [1.29, 1.82) is 0 Å². The van der Waals surface area contributed by atoms with E-state index in [1.807, 2.05) is 12.1 Å². The van der Waals surface area contributed by atoms with Crippen LogP contribution in [0, 0.1) is 11.8 Å². The van der Waals surface area contributed by atoms with E-state index < -0.39 is 59.8 Å². The minimum atomic E-state index is -1.26. The number of hydrogen-bond acceptors (Lipinski definition) is 8. The first-order chi connectivity index (χ1) is 23.2. The van der Waals surface area contributed by atoms with Crippen molar-refractivity contribution in [1.82, 2.24) is 0 Å². The van der Waals surface area contributed by atoms with Gasteiger partial charge in [0, 0.05) is 0 Å². The smallest absolute Gasteiger partial charge is 0.266 e. The van der Waals surface area contributed by atoms with E-state index in [9.17, 15) is 19.2 Å². The molecule has 0 aromatic heterocycles. The van der Waals surface area contributed by atoms with E-state index in [0.29, 0.717) is 11.4 Å². The molecule has 4 aliphatic rings. The molecule has 0 bridgehead atoms. The topological polar surface area (TPSA) is 99.7 Å². The monoisotopic (exact) mass is 722 g/mol. The van der Waals surface area contributed by atoms with E-state index in [-0.39, 0.29) is 31.5 Å². The molecule has 4 amide bonds. The fourth-order valence-electron chi connectivity index (χ4n) is 6.96. The second-order valence-electron chi connectivity index (χ2n) is 11.6. The molecule has 4 aliphatic heterocycles. The summed E-state index contributed by atoms with van der Waals surface area (Å²) in [6, 6.07) is 24.8. The molecule has 242 valence electrons. The van der Waals surface area contributed by atoms with Crippen LogP contribution >= 0.6 is 46.4 Å². The number of amides is 4. The molecule has 0 unspecified atom stereocenters. The van der Waals surface area contributed by atoms with Crippen LogP contribution in [0.25, 0.3) is 0 Å². The Morgan fingerprint density at radius 2 is 0.812 bits per heavy atom. The zero-order valence-corrected chi connectivity index (χ0v) is 27.5. The SMILES string of the molecule is O=C1[C@@H]2[C@@H]([C@@H]3[C@@H]4C(=O)N(c5ccc(Cl)c(Cl)c5)C(=O)[C@H]4ON3c3ccccc3)N(c3ccccc3)O[C@H]2C(=O)N1c1ccc(Cl)c(Cl)c1. The molecule has 0 saturated carbocycles. The van der Waals surface area contributed by atoms with Gasteiger partial charge in [0.15, 0.2) is 12.2 Å². The molecular weight excluding hydrogens is 702 g/mol. The summed E-state index contributed by atoms with van der Waals surface area (Å²) in [5.41, 5.74) is 1.52. The van der Waals surface area contributed by atoms with Gasteiger partial charge in [0.1, 0.15) is 11.8 Å². The maximum atomic E-state index is 14.4. The molecule has 4 aromatic rings. The number of para-hydroxylation sites is 2. The predicted molar refractivity (Wildman–Crippen MR) is 180 cm³/mol. The summed E-state index contributed by atoms with van der Waals surface area (Å²) in [4.78, 5) is 71.7. The first-order valence-electron chi connectivity index (χ1n) is 14.8. The fourth-order valence-corrected chi connectivity index (χ4v) is 7.54. The number of rotatable bonds is 5. The van der Waals surface area contributed by atoms with Crippen LogP contribution in [0.3, 0.4) is 0 Å². The highest BCUT2D eigenvalue weighted by Gasteiger charge is 2.69. The van der Waals surface area contributed by atoms with Crippen molar-refractivity contribution in [3.05, 3.63) is 117 Å². The van der Waals surface area contributed by atoms with E-state index >= 15 is 0 Å². The Hall–Kier alpha value is -4.16. The molecule has 0 radical (unpaired) electrons. The van der Waals surface area contributed by atoms with E-state index in [1.165, 1.54) is 46.5 Å². The van der Waals surface area contributed by atoms with Gasteiger partial charge in [-0.05, 0) is 60.7 Å². The molecule has 4 saturated heterocycles. The average Bonchev–Trinajstić information content (AvgIpc) is 3.80. The summed E-state index contributed by atoms with van der Waals surface area (Å²) >= 11 is 24.8. The van der Waals surface area contributed by atoms with Crippen molar-refractivity contribution in [2.45, 2.75) is 24.3 Å². The summed E-state index contributed by atoms with van der Waals surface area (Å²) in [5, 5.41) is 3.82. The summed E-state index contributed by atoms with van der Waals surface area (Å²) < 4.78 is 0. The maximum absolute atomic E-state index is 14.4. The van der Waals surface area contributed by atoms with Crippen LogP contribution in [0.1, 0.15) is 0 Å². The second-order valence-corrected chi connectivity index (χ2v) is 13.3. The zero-order chi connectivity index (χ0) is 33.4. The lowest BCUT2D eigenvalue weighted by Crippen LogP contribution is -2.55. The highest BCUT2D eigenvalue weighted by atomic mass is 35.5. The first-order valence-corrected chi connectivity index (χ1v) is 16.3. The molecule has 0 N–H and O–H groups in total. The number of hydrogen-bond donors (Lipinski definition) is 0. The number of nitrogens with zero attached hydrogens (tertiary/aromatic N) is 4. The maximum Gasteiger partial charge on any atom is 0.266 e. The number of hydroxylamine groups is 2. The fraction of sp³-hybridized carbons (Fsp3) is 0.176. The predicted octanol–water partition coefficient (Wildman–Crippen LogP) is 6.36. The molecular formula is C34H22Cl4N4O6. The van der Waals surface area contributed by atoms with Gasteiger partial charge >= 0.3 is 0 Å². The summed E-state index contributed by atoms with van der Waals surface area (Å²) in [6.45, 7) is 0. The van der Waals surface area contributed by atoms with Crippen molar-refractivity contribution < 1.29 is 28.9 Å². The van der Waals surface area contributed by atoms with Crippen LogP contribution in [-0.2, 0) is 28.9 Å². The number of benzene rings is 4. The summed E-state index contributed by atoms with van der Waals surface area (Å²) in [5.74, 6) is -4.59. The normalized spacial score (nSPS) is 26.6. The lowest BCUT2D eigenvalue weighted by molar-refractivity contribution is -0.128. The molecule has 4 heterocycles. The molecule has 4 fully saturated rings. The van der Waals surface area contributed by atoms with Crippen molar-refractivity contribution in [3.63, 3.8) is 0 Å². The number of imide groups is 2. The summed E-state index contributed by atoms with van der Waals surface area (Å²) in [7, 11) is 0. The number of fused-ring (bicyclic) bond motifs is 2. The molecule has 14 heteroatoms. The Kier molecular flexibility index (Phi) is 7.63. The van der Waals surface area contributed by atoms with Gasteiger partial charge in [-0.25, -0.2) is 19.9 Å². The Morgan fingerprint density at radius 1 is 0.438 bits per heavy atom. The third kappa shape index (κ3) is 4.70. The van der Waals surface area contributed by atoms with Gasteiger partial charge in [0.25, 0.3) is 11.8 Å². The van der Waals surface area contributed by atoms with Crippen molar-refractivity contribution in [3.8, 4) is 0 Å². The van der Waals surface area contributed by atoms with Crippen LogP contribution in [0.2, 0.25) is 20.1 Å². The van der Waals surface area contributed by atoms with Gasteiger partial charge in [-0.3, -0.25) is 28.9 Å². The van der Waals surface area contributed by atoms with Gasteiger partial charge < -0.3 is 0 Å². The highest BCUT2D eigenvalue weighted by Crippen LogP contribution is 2.50. The lowest BCUT2D eigenvalue weighted by Gasteiger charge is -2.37. The lowest BCUT2D eigenvalue weighted by atomic mass is 9.82. The largest absolute Gasteiger partial charge is 0.273 e. The Balaban J connectivity index is 1.27. The van der Waals surface area contributed by atoms with E-state index in [2.05, 4.69) is 0 Å². The number of carbonyl (C=O) groups is 4. The Labute approximate surface area is 293 Å². The molecule has 4 aromatic carbocycles. The van der Waals surface area contributed by atoms with Crippen molar-refractivity contribution in [2.75, 3.05) is 19.9 Å². The molecule has 10 nitrogen and oxygen atoms in total. The minimum Gasteiger partial charge on any atom is -0.273 e. The van der Waals surface area contributed by atoms with Crippen LogP contribution in [-0.4, -0.2) is 47.9 Å². The van der Waals surface area contributed by atoms with Gasteiger partial charge in [-0.2, -0.15) is 0 Å². The van der Waals surface area contributed by atoms with Gasteiger partial charge in [0.2, 0.25) is 11.8 Å². The highest BCUT2D eigenvalue weighted by molar-refractivity contribution is 6.43. The van der Waals surface area contributed by atoms with E-state index in [0.717, 1.165) is 9.80 Å². The van der Waals surface area contributed by atoms with Crippen molar-refractivity contribution >= 4 is 92.8 Å². The summed E-state index contributed by atoms with van der Waals surface area (Å²) in [6.07, 6.45) is -2.51. The molecule has 48 heavy (non-hydrogen) atoms. The number of carbonyl (C=O) groups excluding carboxylic acids is 4.